The van der Waals surface area contributed by atoms with Crippen molar-refractivity contribution in [1.82, 2.24) is 0 Å². The maximum Gasteiger partial charge on any atom is 0.119 e. The van der Waals surface area contributed by atoms with Crippen LogP contribution in [0.3, 0.4) is 0 Å². The van der Waals surface area contributed by atoms with Gasteiger partial charge in [-0.3, -0.25) is 0 Å². The van der Waals surface area contributed by atoms with E-state index in [1.54, 1.807) is 0 Å². The van der Waals surface area contributed by atoms with Crippen molar-refractivity contribution in [2.45, 2.75) is 58.5 Å². The molecule has 1 heteroatoms. The Bertz CT molecular complexity index is 362. The van der Waals surface area contributed by atoms with Crippen LogP contribution in [0.4, 0.5) is 0 Å². The highest BCUT2D eigenvalue weighted by Gasteiger charge is 2.27. The molecule has 1 aliphatic carbocycles. The van der Waals surface area contributed by atoms with Crippen molar-refractivity contribution in [1.29, 1.82) is 0 Å². The highest BCUT2D eigenvalue weighted by Crippen LogP contribution is 2.44. The van der Waals surface area contributed by atoms with E-state index in [-0.39, 0.29) is 6.10 Å². The minimum atomic E-state index is 0.261. The highest BCUT2D eigenvalue weighted by molar-refractivity contribution is 5.41. The molecule has 0 spiro atoms. The smallest absolute Gasteiger partial charge is 0.119 e. The maximum absolute atomic E-state index is 5.77. The van der Waals surface area contributed by atoms with E-state index >= 15 is 0 Å². The molecule has 0 radical (unpaired) electrons. The Hall–Kier alpha value is -0.980. The van der Waals surface area contributed by atoms with Crippen molar-refractivity contribution in [3.05, 3.63) is 29.3 Å². The van der Waals surface area contributed by atoms with E-state index in [1.165, 1.54) is 24.0 Å². The molecule has 0 heterocycles. The molecule has 1 aromatic rings. The lowest BCUT2D eigenvalue weighted by Gasteiger charge is -2.16. The fourth-order valence-electron chi connectivity index (χ4n) is 2.17. The standard InChI is InChI=1S/C15H22O/c1-10(2)14-8-7-13(16-11(3)4)9-15(14)12-5-6-12/h7-12H,5-6H2,1-4H3. The van der Waals surface area contributed by atoms with Crippen molar-refractivity contribution >= 4 is 0 Å². The van der Waals surface area contributed by atoms with Crippen LogP contribution in [0.25, 0.3) is 0 Å². The van der Waals surface area contributed by atoms with E-state index in [0.29, 0.717) is 5.92 Å². The third-order valence-electron chi connectivity index (χ3n) is 3.07. The molecule has 0 aromatic heterocycles. The number of benzene rings is 1. The van der Waals surface area contributed by atoms with Crippen LogP contribution in [0, 0.1) is 0 Å². The van der Waals surface area contributed by atoms with Crippen LogP contribution in [0.15, 0.2) is 18.2 Å². The zero-order valence-electron chi connectivity index (χ0n) is 10.8. The van der Waals surface area contributed by atoms with E-state index in [0.717, 1.165) is 11.7 Å². The van der Waals surface area contributed by atoms with Crippen molar-refractivity contribution in [3.63, 3.8) is 0 Å². The predicted molar refractivity (Wildman–Crippen MR) is 68.3 cm³/mol. The molecule has 88 valence electrons. The Morgan fingerprint density at radius 3 is 2.31 bits per heavy atom. The zero-order chi connectivity index (χ0) is 11.7. The molecule has 0 bridgehead atoms. The fraction of sp³-hybridized carbons (Fsp3) is 0.600. The second kappa shape index (κ2) is 4.48. The molecule has 1 nitrogen and oxygen atoms in total. The van der Waals surface area contributed by atoms with Gasteiger partial charge in [-0.2, -0.15) is 0 Å². The Labute approximate surface area is 98.8 Å². The summed E-state index contributed by atoms with van der Waals surface area (Å²) in [6, 6.07) is 6.62. The Balaban J connectivity index is 2.28. The first-order chi connectivity index (χ1) is 7.58. The van der Waals surface area contributed by atoms with Crippen LogP contribution in [-0.2, 0) is 0 Å². The minimum absolute atomic E-state index is 0.261. The zero-order valence-corrected chi connectivity index (χ0v) is 10.8. The fourth-order valence-corrected chi connectivity index (χ4v) is 2.17. The average molecular weight is 218 g/mol. The Morgan fingerprint density at radius 1 is 1.12 bits per heavy atom. The normalized spacial score (nSPS) is 15.9. The quantitative estimate of drug-likeness (QED) is 0.724. The lowest BCUT2D eigenvalue weighted by molar-refractivity contribution is 0.242. The first-order valence-electron chi connectivity index (χ1n) is 6.38. The number of hydrogen-bond donors (Lipinski definition) is 0. The summed E-state index contributed by atoms with van der Waals surface area (Å²) in [6.07, 6.45) is 2.97. The van der Waals surface area contributed by atoms with Crippen LogP contribution in [0.1, 0.15) is 63.5 Å². The summed E-state index contributed by atoms with van der Waals surface area (Å²) in [7, 11) is 0. The third kappa shape index (κ3) is 2.58. The predicted octanol–water partition coefficient (Wildman–Crippen LogP) is 4.47. The summed E-state index contributed by atoms with van der Waals surface area (Å²) in [5, 5.41) is 0. The van der Waals surface area contributed by atoms with Gasteiger partial charge in [0, 0.05) is 0 Å². The van der Waals surface area contributed by atoms with Gasteiger partial charge in [0.15, 0.2) is 0 Å². The average Bonchev–Trinajstić information content (AvgIpc) is 2.99. The molecular formula is C15H22O. The molecule has 0 aliphatic heterocycles. The lowest BCUT2D eigenvalue weighted by atomic mass is 9.94. The van der Waals surface area contributed by atoms with E-state index in [4.69, 9.17) is 4.74 Å². The largest absolute Gasteiger partial charge is 0.491 e. The Kier molecular flexibility index (Phi) is 3.22. The van der Waals surface area contributed by atoms with Gasteiger partial charge in [0.1, 0.15) is 5.75 Å². The molecule has 0 N–H and O–H groups in total. The maximum atomic E-state index is 5.77. The molecular weight excluding hydrogens is 196 g/mol. The second-order valence-corrected chi connectivity index (χ2v) is 5.39. The summed E-state index contributed by atoms with van der Waals surface area (Å²) in [5.74, 6) is 2.44. The molecule has 0 amide bonds. The summed E-state index contributed by atoms with van der Waals surface area (Å²) in [4.78, 5) is 0. The molecule has 1 fully saturated rings. The monoisotopic (exact) mass is 218 g/mol. The SMILES string of the molecule is CC(C)Oc1ccc(C(C)C)c(C2CC2)c1. The van der Waals surface area contributed by atoms with Crippen molar-refractivity contribution in [2.24, 2.45) is 0 Å². The molecule has 0 unspecified atom stereocenters. The van der Waals surface area contributed by atoms with Crippen molar-refractivity contribution in [3.8, 4) is 5.75 Å². The van der Waals surface area contributed by atoms with Gasteiger partial charge in [-0.15, -0.1) is 0 Å². The van der Waals surface area contributed by atoms with Gasteiger partial charge >= 0.3 is 0 Å². The highest BCUT2D eigenvalue weighted by atomic mass is 16.5. The topological polar surface area (TPSA) is 9.23 Å². The first kappa shape index (κ1) is 11.5. The molecule has 0 atom stereocenters. The summed E-state index contributed by atoms with van der Waals surface area (Å²) >= 11 is 0. The van der Waals surface area contributed by atoms with Gasteiger partial charge < -0.3 is 4.74 Å². The summed E-state index contributed by atoms with van der Waals surface area (Å²) < 4.78 is 5.77. The molecule has 0 saturated heterocycles. The molecule has 1 saturated carbocycles. The van der Waals surface area contributed by atoms with Gasteiger partial charge in [0.2, 0.25) is 0 Å². The van der Waals surface area contributed by atoms with Gasteiger partial charge in [-0.25, -0.2) is 0 Å². The van der Waals surface area contributed by atoms with Gasteiger partial charge in [-0.05, 0) is 61.8 Å². The molecule has 1 aliphatic rings. The number of ether oxygens (including phenoxy) is 1. The summed E-state index contributed by atoms with van der Waals surface area (Å²) in [5.41, 5.74) is 3.02. The van der Waals surface area contributed by atoms with Gasteiger partial charge in [-0.1, -0.05) is 19.9 Å². The van der Waals surface area contributed by atoms with Gasteiger partial charge in [0.05, 0.1) is 6.10 Å². The van der Waals surface area contributed by atoms with E-state index < -0.39 is 0 Å². The number of rotatable bonds is 4. The summed E-state index contributed by atoms with van der Waals surface area (Å²) in [6.45, 7) is 8.69. The van der Waals surface area contributed by atoms with E-state index in [9.17, 15) is 0 Å². The van der Waals surface area contributed by atoms with Crippen LogP contribution >= 0.6 is 0 Å². The lowest BCUT2D eigenvalue weighted by Crippen LogP contribution is -2.06. The van der Waals surface area contributed by atoms with Gasteiger partial charge in [0.25, 0.3) is 0 Å². The third-order valence-corrected chi connectivity index (χ3v) is 3.07. The minimum Gasteiger partial charge on any atom is -0.491 e. The Morgan fingerprint density at radius 2 is 1.81 bits per heavy atom. The molecule has 2 rings (SSSR count). The van der Waals surface area contributed by atoms with Crippen LogP contribution < -0.4 is 4.74 Å². The van der Waals surface area contributed by atoms with Crippen LogP contribution in [0.5, 0.6) is 5.75 Å². The van der Waals surface area contributed by atoms with Crippen molar-refractivity contribution in [2.75, 3.05) is 0 Å². The van der Waals surface area contributed by atoms with Crippen LogP contribution in [0.2, 0.25) is 0 Å². The second-order valence-electron chi connectivity index (χ2n) is 5.39. The van der Waals surface area contributed by atoms with E-state index in [2.05, 4.69) is 45.9 Å². The number of hydrogen-bond acceptors (Lipinski definition) is 1. The first-order valence-corrected chi connectivity index (χ1v) is 6.38. The molecule has 1 aromatic carbocycles. The van der Waals surface area contributed by atoms with Crippen molar-refractivity contribution < 1.29 is 4.74 Å². The molecule has 16 heavy (non-hydrogen) atoms. The van der Waals surface area contributed by atoms with Crippen LogP contribution in [-0.4, -0.2) is 6.10 Å². The van der Waals surface area contributed by atoms with E-state index in [1.807, 2.05) is 0 Å².